The highest BCUT2D eigenvalue weighted by Crippen LogP contribution is 2.19. The van der Waals surface area contributed by atoms with Crippen LogP contribution in [0.15, 0.2) is 12.4 Å². The van der Waals surface area contributed by atoms with Gasteiger partial charge in [0.05, 0.1) is 12.4 Å². The Bertz CT molecular complexity index is 380. The van der Waals surface area contributed by atoms with Crippen LogP contribution in [0.3, 0.4) is 0 Å². The van der Waals surface area contributed by atoms with E-state index in [4.69, 9.17) is 5.73 Å². The second-order valence-electron chi connectivity index (χ2n) is 4.12. The zero-order valence-electron chi connectivity index (χ0n) is 10.7. The summed E-state index contributed by atoms with van der Waals surface area (Å²) in [6, 6.07) is 0. The Labute approximate surface area is 102 Å². The number of rotatable bonds is 5. The van der Waals surface area contributed by atoms with Gasteiger partial charge in [0.1, 0.15) is 11.5 Å². The summed E-state index contributed by atoms with van der Waals surface area (Å²) in [4.78, 5) is 19.8. The van der Waals surface area contributed by atoms with Crippen LogP contribution in [0.2, 0.25) is 0 Å². The normalized spacial score (nSPS) is 11.2. The Morgan fingerprint density at radius 3 is 2.35 bits per heavy atom. The van der Waals surface area contributed by atoms with E-state index in [2.05, 4.69) is 36.1 Å². The minimum atomic E-state index is -0.213. The average Bonchev–Trinajstić information content (AvgIpc) is 2.36. The van der Waals surface area contributed by atoms with Crippen LogP contribution >= 0.6 is 0 Å². The van der Waals surface area contributed by atoms with Gasteiger partial charge in [-0.2, -0.15) is 0 Å². The molecule has 5 nitrogen and oxygen atoms in total. The van der Waals surface area contributed by atoms with Gasteiger partial charge in [-0.25, -0.2) is 4.98 Å². The van der Waals surface area contributed by atoms with Gasteiger partial charge in [-0.05, 0) is 19.3 Å². The van der Waals surface area contributed by atoms with E-state index in [0.717, 1.165) is 19.3 Å². The minimum absolute atomic E-state index is 0.163. The summed E-state index contributed by atoms with van der Waals surface area (Å²) in [6.45, 7) is 6.20. The molecule has 0 saturated carbocycles. The first-order chi connectivity index (χ1) is 8.06. The van der Waals surface area contributed by atoms with E-state index in [0.29, 0.717) is 0 Å². The van der Waals surface area contributed by atoms with Crippen molar-refractivity contribution in [3.63, 3.8) is 0 Å². The van der Waals surface area contributed by atoms with E-state index in [9.17, 15) is 4.79 Å². The molecule has 0 unspecified atom stereocenters. The maximum atomic E-state index is 12.0. The number of nitrogens with two attached hydrogens (primary N) is 1. The molecular weight excluding hydrogens is 216 g/mol. The smallest absolute Gasteiger partial charge is 0.272 e. The van der Waals surface area contributed by atoms with Crippen molar-refractivity contribution in [3.8, 4) is 0 Å². The summed E-state index contributed by atoms with van der Waals surface area (Å²) in [6.07, 6.45) is 5.52. The van der Waals surface area contributed by atoms with E-state index in [1.54, 1.807) is 0 Å². The van der Waals surface area contributed by atoms with E-state index in [-0.39, 0.29) is 23.0 Å². The van der Waals surface area contributed by atoms with Crippen LogP contribution < -0.4 is 11.1 Å². The molecule has 1 rings (SSSR count). The lowest BCUT2D eigenvalue weighted by Crippen LogP contribution is -2.47. The van der Waals surface area contributed by atoms with Gasteiger partial charge < -0.3 is 11.1 Å². The third-order valence-electron chi connectivity index (χ3n) is 3.29. The number of carbonyl (C=O) groups is 1. The number of amides is 1. The van der Waals surface area contributed by atoms with Gasteiger partial charge in [0, 0.05) is 5.54 Å². The second kappa shape index (κ2) is 5.61. The summed E-state index contributed by atoms with van der Waals surface area (Å²) in [5, 5.41) is 3.03. The fraction of sp³-hybridized carbons (Fsp3) is 0.583. The summed E-state index contributed by atoms with van der Waals surface area (Å²) in [5.41, 5.74) is 5.61. The fourth-order valence-electron chi connectivity index (χ4n) is 1.81. The molecule has 17 heavy (non-hydrogen) atoms. The molecule has 94 valence electrons. The van der Waals surface area contributed by atoms with Crippen molar-refractivity contribution in [1.29, 1.82) is 0 Å². The number of hydrogen-bond donors (Lipinski definition) is 2. The molecule has 1 heterocycles. The molecule has 0 atom stereocenters. The van der Waals surface area contributed by atoms with E-state index in [1.807, 2.05) is 0 Å². The first-order valence-corrected chi connectivity index (χ1v) is 5.97. The topological polar surface area (TPSA) is 80.9 Å². The molecule has 0 aromatic carbocycles. The highest BCUT2D eigenvalue weighted by Gasteiger charge is 2.26. The van der Waals surface area contributed by atoms with Crippen LogP contribution in [-0.4, -0.2) is 21.4 Å². The summed E-state index contributed by atoms with van der Waals surface area (Å²) in [5.74, 6) is 0.0445. The monoisotopic (exact) mass is 236 g/mol. The highest BCUT2D eigenvalue weighted by atomic mass is 16.2. The second-order valence-corrected chi connectivity index (χ2v) is 4.12. The number of nitrogens with one attached hydrogen (secondary N) is 1. The number of carbonyl (C=O) groups excluding carboxylic acids is 1. The maximum absolute atomic E-state index is 12.0. The van der Waals surface area contributed by atoms with Gasteiger partial charge in [-0.15, -0.1) is 0 Å². The van der Waals surface area contributed by atoms with Crippen molar-refractivity contribution in [1.82, 2.24) is 15.3 Å². The zero-order valence-corrected chi connectivity index (χ0v) is 10.7. The Kier molecular flexibility index (Phi) is 4.43. The predicted molar refractivity (Wildman–Crippen MR) is 67.5 cm³/mol. The molecule has 0 bridgehead atoms. The predicted octanol–water partition coefficient (Wildman–Crippen LogP) is 1.76. The maximum Gasteiger partial charge on any atom is 0.272 e. The lowest BCUT2D eigenvalue weighted by atomic mass is 9.89. The fourth-order valence-corrected chi connectivity index (χ4v) is 1.81. The largest absolute Gasteiger partial charge is 0.382 e. The third-order valence-corrected chi connectivity index (χ3v) is 3.29. The first-order valence-electron chi connectivity index (χ1n) is 5.97. The first kappa shape index (κ1) is 13.4. The van der Waals surface area contributed by atoms with Crippen LogP contribution in [0.4, 0.5) is 5.82 Å². The molecule has 0 fully saturated rings. The van der Waals surface area contributed by atoms with Crippen molar-refractivity contribution >= 4 is 11.7 Å². The molecule has 0 radical (unpaired) electrons. The molecule has 0 aliphatic rings. The van der Waals surface area contributed by atoms with Crippen molar-refractivity contribution in [2.24, 2.45) is 0 Å². The van der Waals surface area contributed by atoms with Gasteiger partial charge in [-0.1, -0.05) is 20.8 Å². The van der Waals surface area contributed by atoms with Crippen LogP contribution in [-0.2, 0) is 0 Å². The van der Waals surface area contributed by atoms with Gasteiger partial charge in [0.15, 0.2) is 0 Å². The van der Waals surface area contributed by atoms with Crippen LogP contribution in [0.5, 0.6) is 0 Å². The van der Waals surface area contributed by atoms with E-state index in [1.165, 1.54) is 12.4 Å². The van der Waals surface area contributed by atoms with Crippen LogP contribution in [0.25, 0.3) is 0 Å². The molecule has 0 aliphatic carbocycles. The van der Waals surface area contributed by atoms with Gasteiger partial charge in [0.2, 0.25) is 0 Å². The van der Waals surface area contributed by atoms with Crippen molar-refractivity contribution in [2.45, 2.75) is 45.6 Å². The van der Waals surface area contributed by atoms with Gasteiger partial charge >= 0.3 is 0 Å². The van der Waals surface area contributed by atoms with Crippen LogP contribution in [0.1, 0.15) is 50.5 Å². The Morgan fingerprint density at radius 2 is 1.88 bits per heavy atom. The molecule has 3 N–H and O–H groups in total. The molecular formula is C12H20N4O. The average molecular weight is 236 g/mol. The molecule has 1 amide bonds. The zero-order chi connectivity index (χ0) is 12.9. The number of nitrogens with zero attached hydrogens (tertiary/aromatic N) is 2. The van der Waals surface area contributed by atoms with Crippen LogP contribution in [0, 0.1) is 0 Å². The number of aromatic nitrogens is 2. The quantitative estimate of drug-likeness (QED) is 0.816. The third kappa shape index (κ3) is 3.15. The lowest BCUT2D eigenvalue weighted by Gasteiger charge is -2.31. The molecule has 0 saturated heterocycles. The lowest BCUT2D eigenvalue weighted by molar-refractivity contribution is 0.0882. The van der Waals surface area contributed by atoms with E-state index < -0.39 is 0 Å². The molecule has 0 aliphatic heterocycles. The minimum Gasteiger partial charge on any atom is -0.382 e. The molecule has 1 aromatic rings. The van der Waals surface area contributed by atoms with E-state index >= 15 is 0 Å². The summed E-state index contributed by atoms with van der Waals surface area (Å²) >= 11 is 0. The SMILES string of the molecule is CCC(CC)(CC)NC(=O)c1cncc(N)n1. The molecule has 1 aromatic heterocycles. The highest BCUT2D eigenvalue weighted by molar-refractivity contribution is 5.92. The van der Waals surface area contributed by atoms with Crippen molar-refractivity contribution in [3.05, 3.63) is 18.1 Å². The Morgan fingerprint density at radius 1 is 1.29 bits per heavy atom. The van der Waals surface area contributed by atoms with Gasteiger partial charge in [0.25, 0.3) is 5.91 Å². The Balaban J connectivity index is 2.84. The number of hydrogen-bond acceptors (Lipinski definition) is 4. The number of anilines is 1. The Hall–Kier alpha value is -1.65. The number of nitrogen functional groups attached to an aromatic ring is 1. The van der Waals surface area contributed by atoms with Crippen molar-refractivity contribution in [2.75, 3.05) is 5.73 Å². The van der Waals surface area contributed by atoms with Crippen molar-refractivity contribution < 1.29 is 4.79 Å². The molecule has 5 heteroatoms. The molecule has 0 spiro atoms. The van der Waals surface area contributed by atoms with Gasteiger partial charge in [-0.3, -0.25) is 9.78 Å². The standard InChI is InChI=1S/C12H20N4O/c1-4-12(5-2,6-3)16-11(17)9-7-14-8-10(13)15-9/h7-8H,4-6H2,1-3H3,(H2,13,15)(H,16,17). The summed E-state index contributed by atoms with van der Waals surface area (Å²) < 4.78 is 0. The summed E-state index contributed by atoms with van der Waals surface area (Å²) in [7, 11) is 0.